The van der Waals surface area contributed by atoms with Crippen LogP contribution in [0, 0.1) is 10.1 Å². The first-order valence-corrected chi connectivity index (χ1v) is 9.52. The van der Waals surface area contributed by atoms with E-state index in [1.165, 1.54) is 29.1 Å². The van der Waals surface area contributed by atoms with Gasteiger partial charge in [0, 0.05) is 16.7 Å². The second-order valence-corrected chi connectivity index (χ2v) is 7.19. The van der Waals surface area contributed by atoms with Crippen molar-refractivity contribution in [2.75, 3.05) is 6.61 Å². The number of fused-ring (bicyclic) bond motifs is 1. The molecule has 0 unspecified atom stereocenters. The Bertz CT molecular complexity index is 1140. The van der Waals surface area contributed by atoms with Crippen LogP contribution >= 0.6 is 11.6 Å². The van der Waals surface area contributed by atoms with Crippen molar-refractivity contribution in [1.82, 2.24) is 14.5 Å². The van der Waals surface area contributed by atoms with E-state index in [2.05, 4.69) is 14.7 Å². The summed E-state index contributed by atoms with van der Waals surface area (Å²) in [5.74, 6) is -0.811. The van der Waals surface area contributed by atoms with E-state index in [-0.39, 0.29) is 36.2 Å². The highest BCUT2D eigenvalue weighted by molar-refractivity contribution is 6.32. The van der Waals surface area contributed by atoms with Gasteiger partial charge in [-0.1, -0.05) is 23.7 Å². The number of pyridine rings is 1. The smallest absolute Gasteiger partial charge is 0.443 e. The highest BCUT2D eigenvalue weighted by Gasteiger charge is 2.32. The molecule has 9 nitrogen and oxygen atoms in total. The Morgan fingerprint density at radius 1 is 1.31 bits per heavy atom. The van der Waals surface area contributed by atoms with Crippen LogP contribution in [0.1, 0.15) is 5.56 Å². The summed E-state index contributed by atoms with van der Waals surface area (Å²) in [5.41, 5.74) is 1.54. The lowest BCUT2D eigenvalue weighted by Gasteiger charge is -2.22. The first-order chi connectivity index (χ1) is 15.2. The standard InChI is InChI=1S/C19H14ClF3N4O5/c20-14-3-2-12(5-16(14)32-19(21,22)23)15-4-1-11(6-24-15)9-30-13-7-26-8-17(27(28)29)25-18(26)31-10-13/h1-6,8,13H,7,9-10H2/t13-/m0/s1. The SMILES string of the molecule is O=[N+]([O-])c1cn2c(n1)OC[C@@H](OCc1ccc(-c3ccc(Cl)c(OC(F)(F)F)c3)nc1)C2. The molecule has 3 aromatic rings. The summed E-state index contributed by atoms with van der Waals surface area (Å²) in [6, 6.07) is 7.52. The van der Waals surface area contributed by atoms with E-state index >= 15 is 0 Å². The highest BCUT2D eigenvalue weighted by Crippen LogP contribution is 2.33. The molecule has 1 atom stereocenters. The Morgan fingerprint density at radius 2 is 2.12 bits per heavy atom. The summed E-state index contributed by atoms with van der Waals surface area (Å²) in [4.78, 5) is 18.2. The fourth-order valence-corrected chi connectivity index (χ4v) is 3.18. The Kier molecular flexibility index (Phi) is 5.89. The van der Waals surface area contributed by atoms with Crippen LogP contribution < -0.4 is 9.47 Å². The minimum atomic E-state index is -4.86. The molecular weight excluding hydrogens is 457 g/mol. The summed E-state index contributed by atoms with van der Waals surface area (Å²) in [6.07, 6.45) is -2.40. The lowest BCUT2D eigenvalue weighted by Crippen LogP contribution is -2.32. The third-order valence-electron chi connectivity index (χ3n) is 4.48. The Labute approximate surface area is 183 Å². The number of alkyl halides is 3. The molecule has 1 aliphatic heterocycles. The quantitative estimate of drug-likeness (QED) is 0.389. The molecule has 0 saturated heterocycles. The Morgan fingerprint density at radius 3 is 2.81 bits per heavy atom. The van der Waals surface area contributed by atoms with Crippen molar-refractivity contribution in [2.45, 2.75) is 25.6 Å². The minimum absolute atomic E-state index is 0.166. The topological polar surface area (TPSA) is 102 Å². The molecule has 32 heavy (non-hydrogen) atoms. The fourth-order valence-electron chi connectivity index (χ4n) is 3.02. The molecule has 3 heterocycles. The number of nitrogens with zero attached hydrogens (tertiary/aromatic N) is 4. The van der Waals surface area contributed by atoms with Crippen molar-refractivity contribution in [1.29, 1.82) is 0 Å². The maximum Gasteiger partial charge on any atom is 0.573 e. The van der Waals surface area contributed by atoms with E-state index < -0.39 is 17.0 Å². The van der Waals surface area contributed by atoms with Gasteiger partial charge < -0.3 is 24.3 Å². The molecule has 0 amide bonds. The molecule has 2 aromatic heterocycles. The molecule has 0 bridgehead atoms. The lowest BCUT2D eigenvalue weighted by molar-refractivity contribution is -0.389. The number of nitro groups is 1. The van der Waals surface area contributed by atoms with Gasteiger partial charge >= 0.3 is 18.2 Å². The van der Waals surface area contributed by atoms with Crippen LogP contribution in [0.5, 0.6) is 11.8 Å². The summed E-state index contributed by atoms with van der Waals surface area (Å²) in [5, 5.41) is 10.6. The molecule has 1 aliphatic rings. The third-order valence-corrected chi connectivity index (χ3v) is 4.79. The molecule has 4 rings (SSSR count). The molecule has 0 saturated carbocycles. The first kappa shape index (κ1) is 21.8. The maximum absolute atomic E-state index is 12.5. The minimum Gasteiger partial charge on any atom is -0.443 e. The van der Waals surface area contributed by atoms with Crippen LogP contribution in [0.2, 0.25) is 5.02 Å². The average molecular weight is 471 g/mol. The van der Waals surface area contributed by atoms with Crippen LogP contribution in [0.4, 0.5) is 19.0 Å². The van der Waals surface area contributed by atoms with Gasteiger partial charge in [0.15, 0.2) is 0 Å². The van der Waals surface area contributed by atoms with Gasteiger partial charge in [0.05, 0.1) is 23.9 Å². The van der Waals surface area contributed by atoms with Gasteiger partial charge in [-0.05, 0) is 28.7 Å². The van der Waals surface area contributed by atoms with Crippen LogP contribution in [0.25, 0.3) is 11.3 Å². The van der Waals surface area contributed by atoms with E-state index in [0.717, 1.165) is 11.6 Å². The number of rotatable bonds is 6. The normalized spacial score (nSPS) is 15.7. The van der Waals surface area contributed by atoms with E-state index in [1.807, 2.05) is 0 Å². The number of halogens is 4. The zero-order valence-corrected chi connectivity index (χ0v) is 16.8. The molecule has 0 fully saturated rings. The van der Waals surface area contributed by atoms with E-state index in [1.54, 1.807) is 12.1 Å². The number of hydrogen-bond acceptors (Lipinski definition) is 7. The highest BCUT2D eigenvalue weighted by atomic mass is 35.5. The van der Waals surface area contributed by atoms with Crippen molar-refractivity contribution >= 4 is 17.4 Å². The molecule has 0 radical (unpaired) electrons. The average Bonchev–Trinajstić information content (AvgIpc) is 3.17. The van der Waals surface area contributed by atoms with Crippen LogP contribution in [0.15, 0.2) is 42.7 Å². The van der Waals surface area contributed by atoms with E-state index in [4.69, 9.17) is 21.1 Å². The summed E-state index contributed by atoms with van der Waals surface area (Å²) in [6.45, 7) is 0.720. The fraction of sp³-hybridized carbons (Fsp3) is 0.263. The largest absolute Gasteiger partial charge is 0.573 e. The molecular formula is C19H14ClF3N4O5. The molecule has 0 N–H and O–H groups in total. The number of imidazole rings is 1. The number of hydrogen-bond donors (Lipinski definition) is 0. The molecule has 0 spiro atoms. The van der Waals surface area contributed by atoms with Gasteiger partial charge in [-0.25, -0.2) is 0 Å². The monoisotopic (exact) mass is 470 g/mol. The van der Waals surface area contributed by atoms with Crippen LogP contribution in [-0.2, 0) is 17.9 Å². The van der Waals surface area contributed by atoms with Crippen LogP contribution in [-0.4, -0.2) is 38.5 Å². The predicted molar refractivity (Wildman–Crippen MR) is 104 cm³/mol. The second-order valence-electron chi connectivity index (χ2n) is 6.78. The molecule has 1 aromatic carbocycles. The van der Waals surface area contributed by atoms with Crippen molar-refractivity contribution in [3.8, 4) is 23.0 Å². The van der Waals surface area contributed by atoms with Crippen molar-refractivity contribution in [3.63, 3.8) is 0 Å². The number of benzene rings is 1. The summed E-state index contributed by atoms with van der Waals surface area (Å²) >= 11 is 5.77. The van der Waals surface area contributed by atoms with Gasteiger partial charge in [-0.15, -0.1) is 13.2 Å². The van der Waals surface area contributed by atoms with Crippen molar-refractivity contribution in [3.05, 3.63) is 63.4 Å². The summed E-state index contributed by atoms with van der Waals surface area (Å²) in [7, 11) is 0. The van der Waals surface area contributed by atoms with Gasteiger partial charge in [0.1, 0.15) is 24.7 Å². The Balaban J connectivity index is 1.38. The number of ether oxygens (including phenoxy) is 3. The van der Waals surface area contributed by atoms with Gasteiger partial charge in [0.2, 0.25) is 0 Å². The van der Waals surface area contributed by atoms with Crippen molar-refractivity contribution < 1.29 is 32.3 Å². The van der Waals surface area contributed by atoms with Gasteiger partial charge in [0.25, 0.3) is 0 Å². The zero-order valence-electron chi connectivity index (χ0n) is 16.1. The lowest BCUT2D eigenvalue weighted by atomic mass is 10.1. The Hall–Kier alpha value is -3.38. The molecule has 0 aliphatic carbocycles. The van der Waals surface area contributed by atoms with Gasteiger partial charge in [-0.2, -0.15) is 0 Å². The molecule has 13 heteroatoms. The number of aromatic nitrogens is 3. The van der Waals surface area contributed by atoms with Crippen LogP contribution in [0.3, 0.4) is 0 Å². The van der Waals surface area contributed by atoms with E-state index in [9.17, 15) is 23.3 Å². The van der Waals surface area contributed by atoms with E-state index in [0.29, 0.717) is 17.8 Å². The summed E-state index contributed by atoms with van der Waals surface area (Å²) < 4.78 is 54.1. The van der Waals surface area contributed by atoms with Gasteiger partial charge in [-0.3, -0.25) is 9.55 Å². The first-order valence-electron chi connectivity index (χ1n) is 9.14. The van der Waals surface area contributed by atoms with Crippen molar-refractivity contribution in [2.24, 2.45) is 0 Å². The predicted octanol–water partition coefficient (Wildman–Crippen LogP) is 4.38. The second kappa shape index (κ2) is 8.63. The zero-order chi connectivity index (χ0) is 22.9. The third kappa shape index (κ3) is 5.08. The molecule has 168 valence electrons. The maximum atomic E-state index is 12.5.